The van der Waals surface area contributed by atoms with Crippen LogP contribution in [0.3, 0.4) is 0 Å². The maximum Gasteiger partial charge on any atom is 0.243 e. The normalized spacial score (nSPS) is 22.6. The van der Waals surface area contributed by atoms with Crippen molar-refractivity contribution < 1.29 is 22.7 Å². The average molecular weight is 477 g/mol. The summed E-state index contributed by atoms with van der Waals surface area (Å²) in [5.41, 5.74) is 0. The number of hydrogen-bond donors (Lipinski definition) is 0. The molecule has 0 saturated carbocycles. The summed E-state index contributed by atoms with van der Waals surface area (Å²) >= 11 is 1.70. The van der Waals surface area contributed by atoms with E-state index in [0.717, 1.165) is 25.8 Å². The van der Waals surface area contributed by atoms with Crippen molar-refractivity contribution in [2.24, 2.45) is 5.92 Å². The molecule has 2 fully saturated rings. The first-order valence-corrected chi connectivity index (χ1v) is 13.6. The quantitative estimate of drug-likeness (QED) is 0.673. The molecule has 1 atom stereocenters. The zero-order valence-corrected chi connectivity index (χ0v) is 19.6. The van der Waals surface area contributed by atoms with Gasteiger partial charge in [-0.25, -0.2) is 8.42 Å². The highest BCUT2D eigenvalue weighted by Gasteiger charge is 2.38. The molecule has 0 unspecified atom stereocenters. The van der Waals surface area contributed by atoms with Crippen LogP contribution in [-0.2, 0) is 14.8 Å². The van der Waals surface area contributed by atoms with Crippen molar-refractivity contribution in [1.29, 1.82) is 0 Å². The monoisotopic (exact) mass is 476 g/mol. The summed E-state index contributed by atoms with van der Waals surface area (Å²) in [6.45, 7) is 2.56. The van der Waals surface area contributed by atoms with Crippen LogP contribution in [0.1, 0.15) is 43.0 Å². The van der Waals surface area contributed by atoms with Gasteiger partial charge < -0.3 is 14.4 Å². The highest BCUT2D eigenvalue weighted by atomic mass is 32.2. The molecule has 2 aromatic rings. The van der Waals surface area contributed by atoms with Gasteiger partial charge in [0.05, 0.1) is 24.2 Å². The molecule has 1 aromatic heterocycles. The molecule has 0 bridgehead atoms. The lowest BCUT2D eigenvalue weighted by Crippen LogP contribution is -2.44. The van der Waals surface area contributed by atoms with Crippen molar-refractivity contribution >= 4 is 27.3 Å². The molecule has 9 heteroatoms. The molecule has 3 aliphatic rings. The second kappa shape index (κ2) is 9.03. The number of piperidine rings is 1. The van der Waals surface area contributed by atoms with Gasteiger partial charge in [-0.1, -0.05) is 6.07 Å². The van der Waals surface area contributed by atoms with E-state index in [2.05, 4.69) is 11.4 Å². The molecule has 0 N–H and O–H groups in total. The summed E-state index contributed by atoms with van der Waals surface area (Å²) < 4.78 is 39.2. The van der Waals surface area contributed by atoms with Crippen LogP contribution in [0.25, 0.3) is 0 Å². The lowest BCUT2D eigenvalue weighted by atomic mass is 9.96. The first-order valence-electron chi connectivity index (χ1n) is 11.3. The van der Waals surface area contributed by atoms with Gasteiger partial charge in [-0.05, 0) is 49.3 Å². The number of carbonyl (C=O) groups excluding carboxylic acids is 1. The van der Waals surface area contributed by atoms with Crippen molar-refractivity contribution in [3.05, 3.63) is 40.6 Å². The largest absolute Gasteiger partial charge is 0.490 e. The molecule has 0 spiro atoms. The predicted molar refractivity (Wildman–Crippen MR) is 122 cm³/mol. The number of amides is 1. The second-order valence-corrected chi connectivity index (χ2v) is 11.5. The molecule has 172 valence electrons. The summed E-state index contributed by atoms with van der Waals surface area (Å²) in [7, 11) is -3.65. The summed E-state index contributed by atoms with van der Waals surface area (Å²) in [5.74, 6) is 1.11. The van der Waals surface area contributed by atoms with Gasteiger partial charge in [-0.3, -0.25) is 4.79 Å². The predicted octanol–water partition coefficient (Wildman–Crippen LogP) is 3.67. The average Bonchev–Trinajstić information content (AvgIpc) is 3.46. The zero-order chi connectivity index (χ0) is 22.1. The highest BCUT2D eigenvalue weighted by Crippen LogP contribution is 2.37. The van der Waals surface area contributed by atoms with Crippen LogP contribution in [0.2, 0.25) is 0 Å². The summed E-state index contributed by atoms with van der Waals surface area (Å²) in [6.07, 6.45) is 3.89. The van der Waals surface area contributed by atoms with E-state index in [0.29, 0.717) is 50.6 Å². The number of nitrogens with zero attached hydrogens (tertiary/aromatic N) is 2. The minimum Gasteiger partial charge on any atom is -0.490 e. The van der Waals surface area contributed by atoms with Crippen LogP contribution in [0.5, 0.6) is 11.5 Å². The third-order valence-corrected chi connectivity index (χ3v) is 9.44. The number of likely N-dealkylation sites (tertiary alicyclic amines) is 1. The van der Waals surface area contributed by atoms with Gasteiger partial charge in [0.2, 0.25) is 15.9 Å². The van der Waals surface area contributed by atoms with Gasteiger partial charge in [0.15, 0.2) is 11.5 Å². The molecule has 0 aliphatic carbocycles. The van der Waals surface area contributed by atoms with E-state index < -0.39 is 10.0 Å². The molecular weight excluding hydrogens is 448 g/mol. The Balaban J connectivity index is 1.25. The lowest BCUT2D eigenvalue weighted by molar-refractivity contribution is -0.137. The fourth-order valence-electron chi connectivity index (χ4n) is 4.84. The fourth-order valence-corrected chi connectivity index (χ4v) is 7.20. The van der Waals surface area contributed by atoms with Crippen molar-refractivity contribution in [3.8, 4) is 11.5 Å². The summed E-state index contributed by atoms with van der Waals surface area (Å²) in [6, 6.07) is 9.11. The van der Waals surface area contributed by atoms with Gasteiger partial charge in [-0.15, -0.1) is 11.3 Å². The van der Waals surface area contributed by atoms with E-state index in [-0.39, 0.29) is 22.8 Å². The minimum atomic E-state index is -3.65. The standard InChI is InChI=1S/C23H28N2O5S2/c26-23(25-10-1-4-19(25)22-5-2-15-31-22)17-8-11-24(12-9-17)32(27,28)18-6-7-20-21(16-18)30-14-3-13-29-20/h2,5-7,15-17,19H,1,3-4,8-14H2/t19-/m0/s1. The Morgan fingerprint density at radius 2 is 1.75 bits per heavy atom. The van der Waals surface area contributed by atoms with E-state index in [4.69, 9.17) is 9.47 Å². The number of carbonyl (C=O) groups is 1. The molecule has 0 radical (unpaired) electrons. The number of fused-ring (bicyclic) bond motifs is 1. The van der Waals surface area contributed by atoms with Crippen molar-refractivity contribution in [2.75, 3.05) is 32.8 Å². The molecule has 3 aliphatic heterocycles. The Kier molecular flexibility index (Phi) is 6.14. The van der Waals surface area contributed by atoms with Crippen LogP contribution in [0.15, 0.2) is 40.6 Å². The van der Waals surface area contributed by atoms with Crippen LogP contribution < -0.4 is 9.47 Å². The molecule has 32 heavy (non-hydrogen) atoms. The Hall–Kier alpha value is -2.10. The van der Waals surface area contributed by atoms with Crippen LogP contribution in [0, 0.1) is 5.92 Å². The van der Waals surface area contributed by atoms with Crippen LogP contribution in [-0.4, -0.2) is 56.4 Å². The van der Waals surface area contributed by atoms with Crippen molar-refractivity contribution in [3.63, 3.8) is 0 Å². The van der Waals surface area contributed by atoms with Crippen molar-refractivity contribution in [2.45, 2.75) is 43.0 Å². The van der Waals surface area contributed by atoms with E-state index in [1.54, 1.807) is 29.5 Å². The molecular formula is C23H28N2O5S2. The SMILES string of the molecule is O=C(C1CCN(S(=O)(=O)c2ccc3c(c2)OCCCO3)CC1)N1CCC[C@H]1c1cccs1. The number of sulfonamides is 1. The summed E-state index contributed by atoms with van der Waals surface area (Å²) in [5, 5.41) is 2.05. The van der Waals surface area contributed by atoms with E-state index in [1.807, 2.05) is 11.0 Å². The number of rotatable bonds is 4. The van der Waals surface area contributed by atoms with Gasteiger partial charge in [0.25, 0.3) is 0 Å². The molecule has 4 heterocycles. The number of benzene rings is 1. The van der Waals surface area contributed by atoms with Gasteiger partial charge in [-0.2, -0.15) is 4.31 Å². The second-order valence-electron chi connectivity index (χ2n) is 8.54. The van der Waals surface area contributed by atoms with E-state index >= 15 is 0 Å². The first kappa shape index (κ1) is 21.7. The zero-order valence-electron chi connectivity index (χ0n) is 17.9. The number of thiophene rings is 1. The van der Waals surface area contributed by atoms with Crippen LogP contribution in [0.4, 0.5) is 0 Å². The maximum absolute atomic E-state index is 13.3. The molecule has 5 rings (SSSR count). The maximum atomic E-state index is 13.3. The Morgan fingerprint density at radius 3 is 2.50 bits per heavy atom. The first-order chi connectivity index (χ1) is 15.5. The molecule has 2 saturated heterocycles. The Labute approximate surface area is 193 Å². The highest BCUT2D eigenvalue weighted by molar-refractivity contribution is 7.89. The van der Waals surface area contributed by atoms with E-state index in [9.17, 15) is 13.2 Å². The smallest absolute Gasteiger partial charge is 0.243 e. The third-order valence-electron chi connectivity index (χ3n) is 6.57. The van der Waals surface area contributed by atoms with Gasteiger partial charge >= 0.3 is 0 Å². The number of hydrogen-bond acceptors (Lipinski definition) is 6. The topological polar surface area (TPSA) is 76.2 Å². The van der Waals surface area contributed by atoms with Gasteiger partial charge in [0, 0.05) is 42.9 Å². The minimum absolute atomic E-state index is 0.120. The van der Waals surface area contributed by atoms with Crippen LogP contribution >= 0.6 is 11.3 Å². The van der Waals surface area contributed by atoms with E-state index in [1.165, 1.54) is 9.18 Å². The Morgan fingerprint density at radius 1 is 0.969 bits per heavy atom. The lowest BCUT2D eigenvalue weighted by Gasteiger charge is -2.34. The molecule has 1 aromatic carbocycles. The third kappa shape index (κ3) is 4.13. The fraction of sp³-hybridized carbons (Fsp3) is 0.522. The van der Waals surface area contributed by atoms with Gasteiger partial charge in [0.1, 0.15) is 0 Å². The molecule has 7 nitrogen and oxygen atoms in total. The van der Waals surface area contributed by atoms with Crippen molar-refractivity contribution in [1.82, 2.24) is 9.21 Å². The summed E-state index contributed by atoms with van der Waals surface area (Å²) in [4.78, 5) is 16.7. The number of ether oxygens (including phenoxy) is 2. The Bertz CT molecular complexity index is 1060. The molecule has 1 amide bonds.